The predicted molar refractivity (Wildman–Crippen MR) is 178 cm³/mol. The topological polar surface area (TPSA) is 179 Å². The van der Waals surface area contributed by atoms with Gasteiger partial charge in [0.25, 0.3) is 0 Å². The van der Waals surface area contributed by atoms with E-state index in [1.807, 2.05) is 0 Å². The van der Waals surface area contributed by atoms with E-state index in [2.05, 4.69) is 0 Å². The minimum Gasteiger partial charge on any atom is -0.447 e. The molecule has 51 heavy (non-hydrogen) atoms. The second kappa shape index (κ2) is 13.1. The molecular weight excluding hydrogens is 660 g/mol. The molecule has 13 heteroatoms. The molecule has 2 aliphatic carbocycles. The molecule has 6 rings (SSSR count). The van der Waals surface area contributed by atoms with Crippen molar-refractivity contribution in [3.05, 3.63) is 69.8 Å². The fourth-order valence-electron chi connectivity index (χ4n) is 7.29. The van der Waals surface area contributed by atoms with Crippen LogP contribution in [0.15, 0.2) is 36.4 Å². The fourth-order valence-corrected chi connectivity index (χ4v) is 7.29. The zero-order valence-corrected chi connectivity index (χ0v) is 29.0. The SMILES string of the molecule is CC(C)OC(=O)N1CCC[C@H]1C(=O)C1C(=O)c2ccc(C(=O)c3ccc4c(c3)C(=O)C(C(=O)[C@@H]3CCCN3C(=O)OC(C)(C)C)C4=O)cc2C1=O. The molecule has 2 fully saturated rings. The number of carbonyl (C=O) groups excluding carboxylic acids is 9. The lowest BCUT2D eigenvalue weighted by atomic mass is 9.92. The van der Waals surface area contributed by atoms with Gasteiger partial charge in [-0.25, -0.2) is 9.59 Å². The number of amides is 2. The molecule has 4 atom stereocenters. The molecule has 2 saturated heterocycles. The van der Waals surface area contributed by atoms with E-state index in [0.717, 1.165) is 0 Å². The Bertz CT molecular complexity index is 1940. The molecule has 0 spiro atoms. The monoisotopic (exact) mass is 698 g/mol. The Balaban J connectivity index is 1.20. The van der Waals surface area contributed by atoms with Gasteiger partial charge in [-0.1, -0.05) is 12.1 Å². The molecule has 0 radical (unpaired) electrons. The van der Waals surface area contributed by atoms with Gasteiger partial charge in [-0.2, -0.15) is 0 Å². The molecule has 2 aliphatic heterocycles. The maximum absolute atomic E-state index is 13.7. The lowest BCUT2D eigenvalue weighted by molar-refractivity contribution is -0.125. The van der Waals surface area contributed by atoms with E-state index in [1.54, 1.807) is 34.6 Å². The van der Waals surface area contributed by atoms with Crippen LogP contribution < -0.4 is 0 Å². The van der Waals surface area contributed by atoms with Crippen LogP contribution in [-0.2, 0) is 19.1 Å². The molecule has 2 unspecified atom stereocenters. The van der Waals surface area contributed by atoms with Gasteiger partial charge in [0, 0.05) is 46.5 Å². The zero-order valence-electron chi connectivity index (χ0n) is 29.0. The molecule has 2 heterocycles. The number of rotatable bonds is 7. The summed E-state index contributed by atoms with van der Waals surface area (Å²) in [5.41, 5.74) is -1.08. The van der Waals surface area contributed by atoms with Crippen LogP contribution in [0.3, 0.4) is 0 Å². The van der Waals surface area contributed by atoms with E-state index in [0.29, 0.717) is 12.8 Å². The molecule has 0 saturated carbocycles. The van der Waals surface area contributed by atoms with Gasteiger partial charge in [0.15, 0.2) is 40.5 Å². The third kappa shape index (κ3) is 6.29. The van der Waals surface area contributed by atoms with Crippen LogP contribution in [0.25, 0.3) is 0 Å². The lowest BCUT2D eigenvalue weighted by Gasteiger charge is -2.28. The van der Waals surface area contributed by atoms with Crippen LogP contribution in [0.2, 0.25) is 0 Å². The van der Waals surface area contributed by atoms with E-state index >= 15 is 0 Å². The molecule has 4 aliphatic rings. The predicted octanol–water partition coefficient (Wildman–Crippen LogP) is 4.46. The number of benzene rings is 2. The third-order valence-electron chi connectivity index (χ3n) is 9.60. The number of Topliss-reactive ketones (excluding diaryl/α,β-unsaturated/α-hetero) is 6. The number of fused-ring (bicyclic) bond motifs is 2. The molecule has 13 nitrogen and oxygen atoms in total. The molecule has 0 N–H and O–H groups in total. The molecule has 0 bridgehead atoms. The Kier molecular flexibility index (Phi) is 9.11. The smallest absolute Gasteiger partial charge is 0.410 e. The third-order valence-corrected chi connectivity index (χ3v) is 9.60. The Hall–Kier alpha value is -5.33. The second-order valence-electron chi connectivity index (χ2n) is 14.6. The normalized spacial score (nSPS) is 22.8. The van der Waals surface area contributed by atoms with Gasteiger partial charge in [0.05, 0.1) is 18.2 Å². The first-order chi connectivity index (χ1) is 24.0. The Morgan fingerprint density at radius 1 is 0.647 bits per heavy atom. The van der Waals surface area contributed by atoms with E-state index in [-0.39, 0.29) is 59.3 Å². The highest BCUT2D eigenvalue weighted by Gasteiger charge is 2.50. The summed E-state index contributed by atoms with van der Waals surface area (Å²) >= 11 is 0. The Morgan fingerprint density at radius 2 is 1.06 bits per heavy atom. The number of likely N-dealkylation sites (tertiary alicyclic amines) is 2. The molecule has 2 aromatic rings. The summed E-state index contributed by atoms with van der Waals surface area (Å²) in [7, 11) is 0. The maximum atomic E-state index is 13.7. The molecular formula is C38H38N2O11. The van der Waals surface area contributed by atoms with Gasteiger partial charge in [-0.3, -0.25) is 43.4 Å². The highest BCUT2D eigenvalue weighted by Crippen LogP contribution is 2.35. The van der Waals surface area contributed by atoms with Crippen LogP contribution in [0.4, 0.5) is 9.59 Å². The minimum absolute atomic E-state index is 0.00527. The number of hydrogen-bond acceptors (Lipinski definition) is 11. The van der Waals surface area contributed by atoms with Crippen LogP contribution in [0.1, 0.15) is 118 Å². The maximum Gasteiger partial charge on any atom is 0.410 e. The summed E-state index contributed by atoms with van der Waals surface area (Å²) in [6, 6.07) is 5.70. The van der Waals surface area contributed by atoms with Gasteiger partial charge in [-0.05, 0) is 84.6 Å². The van der Waals surface area contributed by atoms with Gasteiger partial charge in [0.1, 0.15) is 17.4 Å². The van der Waals surface area contributed by atoms with E-state index in [1.165, 1.54) is 46.2 Å². The van der Waals surface area contributed by atoms with Crippen LogP contribution in [-0.4, -0.2) is 99.3 Å². The molecule has 2 amide bonds. The van der Waals surface area contributed by atoms with Crippen LogP contribution in [0.5, 0.6) is 0 Å². The Labute approximate surface area is 293 Å². The zero-order chi connectivity index (χ0) is 37.1. The Morgan fingerprint density at radius 3 is 1.47 bits per heavy atom. The second-order valence-corrected chi connectivity index (χ2v) is 14.6. The summed E-state index contributed by atoms with van der Waals surface area (Å²) in [5.74, 6) is -8.35. The summed E-state index contributed by atoms with van der Waals surface area (Å²) in [5, 5.41) is 0. The average Bonchev–Trinajstić information content (AvgIpc) is 3.85. The summed E-state index contributed by atoms with van der Waals surface area (Å²) < 4.78 is 10.7. The van der Waals surface area contributed by atoms with E-state index in [9.17, 15) is 43.2 Å². The average molecular weight is 699 g/mol. The van der Waals surface area contributed by atoms with Crippen molar-refractivity contribution < 1.29 is 52.6 Å². The van der Waals surface area contributed by atoms with Gasteiger partial charge in [0.2, 0.25) is 0 Å². The van der Waals surface area contributed by atoms with Crippen molar-refractivity contribution in [3.8, 4) is 0 Å². The molecule has 0 aromatic heterocycles. The largest absolute Gasteiger partial charge is 0.447 e. The first-order valence-electron chi connectivity index (χ1n) is 17.0. The summed E-state index contributed by atoms with van der Waals surface area (Å²) in [6.45, 7) is 8.89. The molecule has 266 valence electrons. The highest BCUT2D eigenvalue weighted by atomic mass is 16.6. The van der Waals surface area contributed by atoms with Crippen molar-refractivity contribution in [2.75, 3.05) is 13.1 Å². The number of carbonyl (C=O) groups is 9. The molecule has 2 aromatic carbocycles. The number of hydrogen-bond donors (Lipinski definition) is 0. The standard InChI is InChI=1S/C38H38N2O11/c1-18(2)50-36(48)39-14-6-8-25(39)34(46)27-30(42)21-12-10-19(16-23(21)32(27)44)29(41)20-11-13-22-24(17-20)33(45)28(31(22)43)35(47)26-9-7-15-40(26)37(49)51-38(3,4)5/h10-13,16-18,25-28H,6-9,14-15H2,1-5H3/t25-,26-,27?,28?/m0/s1. The van der Waals surface area contributed by atoms with Crippen molar-refractivity contribution in [2.24, 2.45) is 11.8 Å². The van der Waals surface area contributed by atoms with Gasteiger partial charge < -0.3 is 9.47 Å². The quantitative estimate of drug-likeness (QED) is 0.295. The van der Waals surface area contributed by atoms with Crippen molar-refractivity contribution >= 4 is 52.7 Å². The summed E-state index contributed by atoms with van der Waals surface area (Å²) in [6.07, 6.45) is -0.298. The van der Waals surface area contributed by atoms with Crippen molar-refractivity contribution in [2.45, 2.75) is 84.1 Å². The number of ether oxygens (including phenoxy) is 2. The van der Waals surface area contributed by atoms with E-state index < -0.39 is 88.3 Å². The van der Waals surface area contributed by atoms with Gasteiger partial charge in [-0.15, -0.1) is 0 Å². The van der Waals surface area contributed by atoms with Crippen molar-refractivity contribution in [1.29, 1.82) is 0 Å². The fraction of sp³-hybridized carbons (Fsp3) is 0.447. The first kappa shape index (κ1) is 35.5. The van der Waals surface area contributed by atoms with Crippen LogP contribution in [0, 0.1) is 11.8 Å². The lowest BCUT2D eigenvalue weighted by Crippen LogP contribution is -2.47. The first-order valence-corrected chi connectivity index (χ1v) is 17.0. The van der Waals surface area contributed by atoms with E-state index in [4.69, 9.17) is 9.47 Å². The van der Waals surface area contributed by atoms with Crippen molar-refractivity contribution in [3.63, 3.8) is 0 Å². The summed E-state index contributed by atoms with van der Waals surface area (Å²) in [4.78, 5) is 122. The minimum atomic E-state index is -1.67. The van der Waals surface area contributed by atoms with Crippen molar-refractivity contribution in [1.82, 2.24) is 9.80 Å². The van der Waals surface area contributed by atoms with Crippen LogP contribution >= 0.6 is 0 Å². The number of nitrogens with zero attached hydrogens (tertiary/aromatic N) is 2. The van der Waals surface area contributed by atoms with Gasteiger partial charge >= 0.3 is 12.2 Å². The highest BCUT2D eigenvalue weighted by molar-refractivity contribution is 6.38. The number of ketones is 7.